The van der Waals surface area contributed by atoms with Crippen LogP contribution >= 0.6 is 11.6 Å². The van der Waals surface area contributed by atoms with Crippen molar-refractivity contribution in [3.63, 3.8) is 0 Å². The highest BCUT2D eigenvalue weighted by Gasteiger charge is 2.54. The van der Waals surface area contributed by atoms with Crippen molar-refractivity contribution in [2.45, 2.75) is 126 Å². The maximum atomic E-state index is 13.1. The van der Waals surface area contributed by atoms with E-state index in [2.05, 4.69) is 48.2 Å². The smallest absolute Gasteiger partial charge is 0.329 e. The standard InChI is InChI=1S/C45H56ClN3O6/c1-28(26-53-39-14-19-47-38-9-4-6-29(2)42(38)39)20-31-21-30-22-40-41(55-36(27-54-40)25-49(3)34-10-12-35(50)13-11-34)24-37(30)44(31)15-17-45(18-16-44,43(51)52)48-33-8-5-7-32(46)23-33/h5,7-8,14,19,22-24,28-29,31,34,36,48H,4,6,9-13,15-18,20-21,25-27H2,1-3H3,(H,51,52)/t28-,29-,31+,36-,44?,45?/m1/s1. The molecule has 0 bridgehead atoms. The van der Waals surface area contributed by atoms with Gasteiger partial charge in [-0.05, 0) is 148 Å². The number of ether oxygens (including phenoxy) is 3. The van der Waals surface area contributed by atoms with Crippen LogP contribution in [0.3, 0.4) is 0 Å². The van der Waals surface area contributed by atoms with Gasteiger partial charge in [-0.1, -0.05) is 31.5 Å². The molecule has 2 N–H and O–H groups in total. The first-order valence-electron chi connectivity index (χ1n) is 20.6. The van der Waals surface area contributed by atoms with Crippen molar-refractivity contribution in [2.24, 2.45) is 11.8 Å². The minimum Gasteiger partial charge on any atom is -0.493 e. The van der Waals surface area contributed by atoms with Crippen LogP contribution in [0.25, 0.3) is 0 Å². The number of Topliss-reactive ketones (excluding diaryl/α,β-unsaturated/α-hetero) is 1. The molecule has 0 unspecified atom stereocenters. The van der Waals surface area contributed by atoms with E-state index >= 15 is 0 Å². The third-order valence-electron chi connectivity index (χ3n) is 13.7. The van der Waals surface area contributed by atoms with Gasteiger partial charge in [-0.2, -0.15) is 0 Å². The number of fused-ring (bicyclic) bond motifs is 4. The number of carbonyl (C=O) groups is 2. The van der Waals surface area contributed by atoms with Crippen molar-refractivity contribution in [3.8, 4) is 17.2 Å². The zero-order chi connectivity index (χ0) is 38.3. The molecule has 4 atom stereocenters. The number of pyridine rings is 1. The molecule has 2 heterocycles. The zero-order valence-corrected chi connectivity index (χ0v) is 33.3. The molecule has 55 heavy (non-hydrogen) atoms. The minimum atomic E-state index is -1.09. The Kier molecular flexibility index (Phi) is 10.8. The van der Waals surface area contributed by atoms with Crippen LogP contribution in [0.4, 0.5) is 5.69 Å². The lowest BCUT2D eigenvalue weighted by Crippen LogP contribution is -2.53. The maximum Gasteiger partial charge on any atom is 0.329 e. The molecule has 0 amide bonds. The number of aliphatic carboxylic acids is 1. The monoisotopic (exact) mass is 769 g/mol. The number of ketones is 1. The number of aryl methyl sites for hydroxylation is 1. The highest BCUT2D eigenvalue weighted by molar-refractivity contribution is 6.30. The molecule has 2 aromatic carbocycles. The van der Waals surface area contributed by atoms with Gasteiger partial charge in [-0.15, -0.1) is 0 Å². The van der Waals surface area contributed by atoms with E-state index in [1.165, 1.54) is 28.8 Å². The summed E-state index contributed by atoms with van der Waals surface area (Å²) in [5.41, 5.74) is 4.44. The van der Waals surface area contributed by atoms with Crippen molar-refractivity contribution < 1.29 is 28.9 Å². The van der Waals surface area contributed by atoms with E-state index in [1.54, 1.807) is 12.1 Å². The Morgan fingerprint density at radius 2 is 1.89 bits per heavy atom. The number of anilines is 1. The number of rotatable bonds is 11. The summed E-state index contributed by atoms with van der Waals surface area (Å²) in [7, 11) is 2.13. The predicted octanol–water partition coefficient (Wildman–Crippen LogP) is 8.78. The second-order valence-electron chi connectivity index (χ2n) is 17.4. The molecule has 2 fully saturated rings. The summed E-state index contributed by atoms with van der Waals surface area (Å²) in [6, 6.07) is 14.2. The summed E-state index contributed by atoms with van der Waals surface area (Å²) in [4.78, 5) is 32.0. The van der Waals surface area contributed by atoms with Crippen molar-refractivity contribution in [1.29, 1.82) is 0 Å². The highest BCUT2D eigenvalue weighted by Crippen LogP contribution is 2.58. The van der Waals surface area contributed by atoms with Gasteiger partial charge in [0.1, 0.15) is 29.8 Å². The lowest BCUT2D eigenvalue weighted by atomic mass is 9.59. The quantitative estimate of drug-likeness (QED) is 0.198. The molecule has 294 valence electrons. The van der Waals surface area contributed by atoms with Gasteiger partial charge in [0, 0.05) is 53.6 Å². The van der Waals surface area contributed by atoms with E-state index in [0.29, 0.717) is 67.6 Å². The average molecular weight is 770 g/mol. The van der Waals surface area contributed by atoms with E-state index < -0.39 is 11.5 Å². The van der Waals surface area contributed by atoms with E-state index in [1.807, 2.05) is 24.4 Å². The van der Waals surface area contributed by atoms with E-state index in [0.717, 1.165) is 80.8 Å². The Balaban J connectivity index is 1.04. The summed E-state index contributed by atoms with van der Waals surface area (Å²) in [5, 5.41) is 14.7. The molecule has 3 aromatic rings. The Labute approximate surface area is 330 Å². The van der Waals surface area contributed by atoms with Gasteiger partial charge in [-0.25, -0.2) is 4.79 Å². The first-order valence-corrected chi connectivity index (χ1v) is 21.0. The highest BCUT2D eigenvalue weighted by atomic mass is 35.5. The van der Waals surface area contributed by atoms with Crippen LogP contribution in [-0.2, 0) is 27.8 Å². The molecule has 5 aliphatic rings. The number of carboxylic acids is 1. The summed E-state index contributed by atoms with van der Waals surface area (Å²) < 4.78 is 19.7. The fourth-order valence-corrected chi connectivity index (χ4v) is 10.8. The SMILES string of the molecule is C[C@@H](COc1ccnc2c1[C@H](C)CCC2)C[C@H]1Cc2cc3c(cc2C12CCC(Nc1cccc(Cl)c1)(C(=O)O)CC2)O[C@H](CN(C)C1CCC(=O)CC1)CO3. The molecule has 1 aromatic heterocycles. The molecule has 10 heteroatoms. The number of benzene rings is 2. The van der Waals surface area contributed by atoms with Gasteiger partial charge < -0.3 is 24.6 Å². The Morgan fingerprint density at radius 1 is 1.09 bits per heavy atom. The second kappa shape index (κ2) is 15.6. The van der Waals surface area contributed by atoms with Crippen LogP contribution in [0.5, 0.6) is 17.2 Å². The summed E-state index contributed by atoms with van der Waals surface area (Å²) >= 11 is 6.32. The second-order valence-corrected chi connectivity index (χ2v) is 17.8. The third-order valence-corrected chi connectivity index (χ3v) is 13.9. The van der Waals surface area contributed by atoms with E-state index in [-0.39, 0.29) is 17.4 Å². The Hall–Kier alpha value is -3.82. The normalized spacial score (nSPS) is 28.1. The van der Waals surface area contributed by atoms with Gasteiger partial charge in [0.15, 0.2) is 11.5 Å². The average Bonchev–Trinajstić information content (AvgIpc) is 3.44. The van der Waals surface area contributed by atoms with Gasteiger partial charge in [-0.3, -0.25) is 14.7 Å². The molecule has 0 saturated heterocycles. The largest absolute Gasteiger partial charge is 0.493 e. The van der Waals surface area contributed by atoms with Crippen LogP contribution in [0.2, 0.25) is 5.02 Å². The first-order chi connectivity index (χ1) is 26.5. The molecule has 0 radical (unpaired) electrons. The summed E-state index contributed by atoms with van der Waals surface area (Å²) in [6.07, 6.45) is 12.5. The number of halogens is 1. The fourth-order valence-electron chi connectivity index (χ4n) is 10.6. The number of hydrogen-bond acceptors (Lipinski definition) is 8. The lowest BCUT2D eigenvalue weighted by molar-refractivity contribution is -0.144. The van der Waals surface area contributed by atoms with Crippen LogP contribution in [-0.4, -0.2) is 71.2 Å². The lowest BCUT2D eigenvalue weighted by Gasteiger charge is -2.47. The van der Waals surface area contributed by atoms with E-state index in [9.17, 15) is 14.7 Å². The number of aromatic nitrogens is 1. The molecular weight excluding hydrogens is 714 g/mol. The molecule has 4 aliphatic carbocycles. The fraction of sp³-hybridized carbons (Fsp3) is 0.578. The van der Waals surface area contributed by atoms with Crippen molar-refractivity contribution >= 4 is 29.0 Å². The maximum absolute atomic E-state index is 13.1. The molecule has 8 rings (SSSR count). The van der Waals surface area contributed by atoms with Crippen molar-refractivity contribution in [1.82, 2.24) is 9.88 Å². The van der Waals surface area contributed by atoms with Gasteiger partial charge in [0.2, 0.25) is 0 Å². The van der Waals surface area contributed by atoms with Crippen LogP contribution in [0.1, 0.15) is 113 Å². The topological polar surface area (TPSA) is 110 Å². The molecule has 2 saturated carbocycles. The van der Waals surface area contributed by atoms with Crippen LogP contribution < -0.4 is 19.5 Å². The molecule has 1 spiro atoms. The number of carboxylic acid groups (broad SMARTS) is 1. The summed E-state index contributed by atoms with van der Waals surface area (Å²) in [5.74, 6) is 3.13. The predicted molar refractivity (Wildman–Crippen MR) is 214 cm³/mol. The Morgan fingerprint density at radius 3 is 2.65 bits per heavy atom. The number of nitrogens with zero attached hydrogens (tertiary/aromatic N) is 2. The zero-order valence-electron chi connectivity index (χ0n) is 32.6. The van der Waals surface area contributed by atoms with E-state index in [4.69, 9.17) is 25.8 Å². The van der Waals surface area contributed by atoms with Crippen molar-refractivity contribution in [3.05, 3.63) is 76.1 Å². The number of nitrogens with one attached hydrogen (secondary N) is 1. The minimum absolute atomic E-state index is 0.118. The van der Waals surface area contributed by atoms with Crippen molar-refractivity contribution in [2.75, 3.05) is 32.1 Å². The first kappa shape index (κ1) is 38.1. The van der Waals surface area contributed by atoms with Crippen LogP contribution in [0, 0.1) is 11.8 Å². The number of carbonyl (C=O) groups excluding carboxylic acids is 1. The molecular formula is C45H56ClN3O6. The van der Waals surface area contributed by atoms with Gasteiger partial charge >= 0.3 is 5.97 Å². The summed E-state index contributed by atoms with van der Waals surface area (Å²) in [6.45, 7) is 6.41. The van der Waals surface area contributed by atoms with Gasteiger partial charge in [0.25, 0.3) is 0 Å². The molecule has 1 aliphatic heterocycles. The number of hydrogen-bond donors (Lipinski definition) is 2. The van der Waals surface area contributed by atoms with Crippen LogP contribution in [0.15, 0.2) is 48.7 Å². The molecule has 9 nitrogen and oxygen atoms in total. The third kappa shape index (κ3) is 7.68. The number of likely N-dealkylation sites (N-methyl/N-ethyl adjacent to an activating group) is 1. The van der Waals surface area contributed by atoms with Gasteiger partial charge in [0.05, 0.1) is 6.61 Å². The Bertz CT molecular complexity index is 1900.